The third-order valence-electron chi connectivity index (χ3n) is 3.49. The van der Waals surface area contributed by atoms with Gasteiger partial charge in [0.1, 0.15) is 5.75 Å². The zero-order valence-corrected chi connectivity index (χ0v) is 12.9. The van der Waals surface area contributed by atoms with E-state index < -0.39 is 0 Å². The molecular formula is C18H19N3O. The van der Waals surface area contributed by atoms with Gasteiger partial charge in [-0.25, -0.2) is 0 Å². The number of nitrogens with zero attached hydrogens (tertiary/aromatic N) is 3. The van der Waals surface area contributed by atoms with Gasteiger partial charge in [0.25, 0.3) is 0 Å². The standard InChI is InChI=1S/C18H19N3O/c1-14-8-10-17(11-9-14)22-13-12-18-15(2)19-21(20-18)16-6-4-3-5-7-16/h3-11H,12-13H2,1-2H3. The molecule has 0 aliphatic carbocycles. The van der Waals surface area contributed by atoms with Gasteiger partial charge in [0, 0.05) is 6.42 Å². The molecule has 3 aromatic rings. The predicted octanol–water partition coefficient (Wildman–Crippen LogP) is 3.51. The monoisotopic (exact) mass is 293 g/mol. The molecule has 3 rings (SSSR count). The lowest BCUT2D eigenvalue weighted by Gasteiger charge is -2.05. The maximum Gasteiger partial charge on any atom is 0.119 e. The van der Waals surface area contributed by atoms with Crippen LogP contribution < -0.4 is 4.74 Å². The van der Waals surface area contributed by atoms with Crippen LogP contribution in [0.4, 0.5) is 0 Å². The summed E-state index contributed by atoms with van der Waals surface area (Å²) < 4.78 is 5.76. The first kappa shape index (κ1) is 14.3. The number of rotatable bonds is 5. The van der Waals surface area contributed by atoms with Crippen LogP contribution in [0.15, 0.2) is 54.6 Å². The van der Waals surface area contributed by atoms with E-state index in [-0.39, 0.29) is 0 Å². The zero-order valence-electron chi connectivity index (χ0n) is 12.9. The molecule has 112 valence electrons. The van der Waals surface area contributed by atoms with Crippen LogP contribution in [0.1, 0.15) is 17.0 Å². The minimum atomic E-state index is 0.595. The van der Waals surface area contributed by atoms with E-state index in [1.54, 1.807) is 4.80 Å². The van der Waals surface area contributed by atoms with Crippen molar-refractivity contribution >= 4 is 0 Å². The highest BCUT2D eigenvalue weighted by Crippen LogP contribution is 2.13. The molecule has 1 heterocycles. The lowest BCUT2D eigenvalue weighted by molar-refractivity contribution is 0.320. The Labute approximate surface area is 130 Å². The predicted molar refractivity (Wildman–Crippen MR) is 86.5 cm³/mol. The van der Waals surface area contributed by atoms with Crippen molar-refractivity contribution in [2.45, 2.75) is 20.3 Å². The lowest BCUT2D eigenvalue weighted by atomic mass is 10.2. The highest BCUT2D eigenvalue weighted by atomic mass is 16.5. The largest absolute Gasteiger partial charge is 0.493 e. The Morgan fingerprint density at radius 3 is 2.36 bits per heavy atom. The van der Waals surface area contributed by atoms with E-state index in [0.29, 0.717) is 6.61 Å². The summed E-state index contributed by atoms with van der Waals surface area (Å²) in [7, 11) is 0. The van der Waals surface area contributed by atoms with E-state index in [2.05, 4.69) is 17.1 Å². The fourth-order valence-corrected chi connectivity index (χ4v) is 2.22. The summed E-state index contributed by atoms with van der Waals surface area (Å²) in [5.74, 6) is 0.888. The molecule has 0 unspecified atom stereocenters. The Balaban J connectivity index is 1.63. The average molecular weight is 293 g/mol. The molecule has 4 heteroatoms. The zero-order chi connectivity index (χ0) is 15.4. The summed E-state index contributed by atoms with van der Waals surface area (Å²) in [5.41, 5.74) is 4.11. The van der Waals surface area contributed by atoms with E-state index in [4.69, 9.17) is 4.74 Å². The average Bonchev–Trinajstić information content (AvgIpc) is 2.91. The van der Waals surface area contributed by atoms with Gasteiger partial charge in [-0.2, -0.15) is 15.0 Å². The molecule has 0 aliphatic heterocycles. The van der Waals surface area contributed by atoms with Crippen LogP contribution >= 0.6 is 0 Å². The third kappa shape index (κ3) is 3.34. The smallest absolute Gasteiger partial charge is 0.119 e. The van der Waals surface area contributed by atoms with Gasteiger partial charge in [0.05, 0.1) is 23.7 Å². The van der Waals surface area contributed by atoms with Crippen LogP contribution in [0.2, 0.25) is 0 Å². The Kier molecular flexibility index (Phi) is 4.19. The molecule has 0 atom stereocenters. The molecule has 1 aromatic heterocycles. The SMILES string of the molecule is Cc1ccc(OCCc2nn(-c3ccccc3)nc2C)cc1. The van der Waals surface area contributed by atoms with Crippen molar-refractivity contribution in [3.05, 3.63) is 71.5 Å². The molecule has 0 saturated carbocycles. The van der Waals surface area contributed by atoms with Crippen LogP contribution in [0, 0.1) is 13.8 Å². The minimum absolute atomic E-state index is 0.595. The van der Waals surface area contributed by atoms with Crippen LogP contribution in [0.25, 0.3) is 5.69 Å². The van der Waals surface area contributed by atoms with Crippen LogP contribution in [-0.2, 0) is 6.42 Å². The van der Waals surface area contributed by atoms with E-state index >= 15 is 0 Å². The number of ether oxygens (including phenoxy) is 1. The minimum Gasteiger partial charge on any atom is -0.493 e. The summed E-state index contributed by atoms with van der Waals surface area (Å²) in [4.78, 5) is 1.68. The summed E-state index contributed by atoms with van der Waals surface area (Å²) in [5, 5.41) is 9.02. The molecule has 0 bridgehead atoms. The molecule has 22 heavy (non-hydrogen) atoms. The molecule has 0 amide bonds. The summed E-state index contributed by atoms with van der Waals surface area (Å²) in [6.45, 7) is 4.64. The van der Waals surface area contributed by atoms with Gasteiger partial charge < -0.3 is 4.74 Å². The van der Waals surface area contributed by atoms with Crippen molar-refractivity contribution in [2.75, 3.05) is 6.61 Å². The normalized spacial score (nSPS) is 10.6. The molecule has 0 aliphatic rings. The Hall–Kier alpha value is -2.62. The van der Waals surface area contributed by atoms with Gasteiger partial charge in [-0.15, -0.1) is 0 Å². The number of hydrogen-bond donors (Lipinski definition) is 0. The van der Waals surface area contributed by atoms with Gasteiger partial charge >= 0.3 is 0 Å². The maximum atomic E-state index is 5.76. The van der Waals surface area contributed by atoms with Crippen molar-refractivity contribution in [2.24, 2.45) is 0 Å². The Morgan fingerprint density at radius 1 is 0.909 bits per heavy atom. The van der Waals surface area contributed by atoms with Crippen molar-refractivity contribution < 1.29 is 4.74 Å². The molecule has 0 N–H and O–H groups in total. The fraction of sp³-hybridized carbons (Fsp3) is 0.222. The second-order valence-corrected chi connectivity index (χ2v) is 5.27. The third-order valence-corrected chi connectivity index (χ3v) is 3.49. The number of hydrogen-bond acceptors (Lipinski definition) is 3. The molecule has 0 saturated heterocycles. The topological polar surface area (TPSA) is 39.9 Å². The second-order valence-electron chi connectivity index (χ2n) is 5.27. The summed E-state index contributed by atoms with van der Waals surface area (Å²) in [6, 6.07) is 18.0. The highest BCUT2D eigenvalue weighted by molar-refractivity contribution is 5.29. The van der Waals surface area contributed by atoms with Crippen molar-refractivity contribution in [1.29, 1.82) is 0 Å². The summed E-state index contributed by atoms with van der Waals surface area (Å²) in [6.07, 6.45) is 0.743. The van der Waals surface area contributed by atoms with Crippen LogP contribution in [0.3, 0.4) is 0 Å². The van der Waals surface area contributed by atoms with Crippen molar-refractivity contribution in [1.82, 2.24) is 15.0 Å². The number of para-hydroxylation sites is 1. The summed E-state index contributed by atoms with van der Waals surface area (Å²) >= 11 is 0. The van der Waals surface area contributed by atoms with E-state index in [1.165, 1.54) is 5.56 Å². The van der Waals surface area contributed by atoms with Crippen LogP contribution in [-0.4, -0.2) is 21.6 Å². The van der Waals surface area contributed by atoms with Crippen molar-refractivity contribution in [3.63, 3.8) is 0 Å². The molecule has 0 spiro atoms. The number of aryl methyl sites for hydroxylation is 2. The number of aromatic nitrogens is 3. The van der Waals surface area contributed by atoms with Gasteiger partial charge in [-0.05, 0) is 38.1 Å². The second kappa shape index (κ2) is 6.43. The maximum absolute atomic E-state index is 5.76. The van der Waals surface area contributed by atoms with E-state index in [0.717, 1.165) is 29.2 Å². The lowest BCUT2D eigenvalue weighted by Crippen LogP contribution is -2.04. The van der Waals surface area contributed by atoms with E-state index in [1.807, 2.05) is 61.5 Å². The molecule has 4 nitrogen and oxygen atoms in total. The Bertz CT molecular complexity index is 733. The molecule has 0 radical (unpaired) electrons. The van der Waals surface area contributed by atoms with E-state index in [9.17, 15) is 0 Å². The van der Waals surface area contributed by atoms with Gasteiger partial charge in [0.15, 0.2) is 0 Å². The fourth-order valence-electron chi connectivity index (χ4n) is 2.22. The molecule has 0 fully saturated rings. The number of benzene rings is 2. The first-order valence-corrected chi connectivity index (χ1v) is 7.40. The van der Waals surface area contributed by atoms with Gasteiger partial charge in [-0.1, -0.05) is 35.9 Å². The van der Waals surface area contributed by atoms with Gasteiger partial charge in [0.2, 0.25) is 0 Å². The van der Waals surface area contributed by atoms with Crippen molar-refractivity contribution in [3.8, 4) is 11.4 Å². The quantitative estimate of drug-likeness (QED) is 0.722. The highest BCUT2D eigenvalue weighted by Gasteiger charge is 2.08. The molecular weight excluding hydrogens is 274 g/mol. The van der Waals surface area contributed by atoms with Gasteiger partial charge in [-0.3, -0.25) is 0 Å². The first-order valence-electron chi connectivity index (χ1n) is 7.40. The van der Waals surface area contributed by atoms with Crippen LogP contribution in [0.5, 0.6) is 5.75 Å². The molecule has 2 aromatic carbocycles. The first-order chi connectivity index (χ1) is 10.7. The Morgan fingerprint density at radius 2 is 1.64 bits per heavy atom.